The highest BCUT2D eigenvalue weighted by Crippen LogP contribution is 2.38. The molecule has 134 valence electrons. The number of halogens is 1. The Morgan fingerprint density at radius 1 is 1.23 bits per heavy atom. The lowest BCUT2D eigenvalue weighted by molar-refractivity contribution is 0.553. The van der Waals surface area contributed by atoms with Crippen molar-refractivity contribution < 1.29 is 8.81 Å². The second-order valence-corrected chi connectivity index (χ2v) is 6.60. The van der Waals surface area contributed by atoms with Crippen molar-refractivity contribution in [3.63, 3.8) is 0 Å². The Labute approximate surface area is 148 Å². The normalized spacial score (nSPS) is 14.0. The summed E-state index contributed by atoms with van der Waals surface area (Å²) in [5.74, 6) is -0.490. The van der Waals surface area contributed by atoms with Gasteiger partial charge in [0.1, 0.15) is 11.2 Å². The molecule has 7 heteroatoms. The van der Waals surface area contributed by atoms with Crippen LogP contribution in [0, 0.1) is 19.7 Å². The Hall–Kier alpha value is -3.09. The zero-order chi connectivity index (χ0) is 18.6. The van der Waals surface area contributed by atoms with E-state index in [-0.39, 0.29) is 45.2 Å². The minimum atomic E-state index is -0.619. The van der Waals surface area contributed by atoms with E-state index in [0.29, 0.717) is 5.69 Å². The average Bonchev–Trinajstić information content (AvgIpc) is 3.43. The molecule has 0 saturated heterocycles. The summed E-state index contributed by atoms with van der Waals surface area (Å²) in [6, 6.07) is 6.16. The van der Waals surface area contributed by atoms with E-state index in [9.17, 15) is 14.0 Å². The van der Waals surface area contributed by atoms with Gasteiger partial charge < -0.3 is 20.0 Å². The molecule has 3 N–H and O–H groups in total. The summed E-state index contributed by atoms with van der Waals surface area (Å²) in [7, 11) is 0. The first-order chi connectivity index (χ1) is 12.4. The molecule has 26 heavy (non-hydrogen) atoms. The Morgan fingerprint density at radius 3 is 2.58 bits per heavy atom. The van der Waals surface area contributed by atoms with E-state index in [0.717, 1.165) is 12.8 Å². The Kier molecular flexibility index (Phi) is 3.61. The van der Waals surface area contributed by atoms with Gasteiger partial charge in [0.05, 0.1) is 22.6 Å². The lowest BCUT2D eigenvalue weighted by Crippen LogP contribution is -2.25. The van der Waals surface area contributed by atoms with Gasteiger partial charge in [-0.25, -0.2) is 9.18 Å². The molecule has 1 aromatic carbocycles. The summed E-state index contributed by atoms with van der Waals surface area (Å²) >= 11 is 0. The minimum Gasteiger partial charge on any atom is -0.420 e. The fourth-order valence-electron chi connectivity index (χ4n) is 3.21. The van der Waals surface area contributed by atoms with E-state index >= 15 is 0 Å². The molecule has 0 spiro atoms. The van der Waals surface area contributed by atoms with Gasteiger partial charge in [-0.3, -0.25) is 4.79 Å². The number of nitrogens with zero attached hydrogens (tertiary/aromatic N) is 1. The molecule has 0 bridgehead atoms. The van der Waals surface area contributed by atoms with Crippen LogP contribution in [0.2, 0.25) is 0 Å². The molecule has 1 saturated carbocycles. The SMILES string of the molecule is Cc1c(Nc2ccccc2F)c2c(=O)n(C3CC3)c(C)c(N)c2oc1=O. The Bertz CT molecular complexity index is 1160. The van der Waals surface area contributed by atoms with Crippen molar-refractivity contribution in [2.24, 2.45) is 0 Å². The number of rotatable bonds is 3. The molecule has 1 fully saturated rings. The molecular formula is C19H18FN3O3. The van der Waals surface area contributed by atoms with Crippen LogP contribution in [0.5, 0.6) is 0 Å². The largest absolute Gasteiger partial charge is 0.420 e. The quantitative estimate of drug-likeness (QED) is 0.752. The van der Waals surface area contributed by atoms with Gasteiger partial charge in [0.25, 0.3) is 5.56 Å². The van der Waals surface area contributed by atoms with Gasteiger partial charge in [0.15, 0.2) is 5.58 Å². The van der Waals surface area contributed by atoms with E-state index in [4.69, 9.17) is 10.2 Å². The topological polar surface area (TPSA) is 90.3 Å². The van der Waals surface area contributed by atoms with Crippen molar-refractivity contribution in [1.82, 2.24) is 4.57 Å². The third kappa shape index (κ3) is 2.39. The van der Waals surface area contributed by atoms with Crippen LogP contribution in [-0.4, -0.2) is 4.57 Å². The number of nitrogens with one attached hydrogen (secondary N) is 1. The van der Waals surface area contributed by atoms with Crippen LogP contribution in [0.4, 0.5) is 21.5 Å². The second kappa shape index (κ2) is 5.72. The maximum atomic E-state index is 14.1. The van der Waals surface area contributed by atoms with Crippen molar-refractivity contribution in [2.75, 3.05) is 11.1 Å². The number of nitrogen functional groups attached to an aromatic ring is 1. The van der Waals surface area contributed by atoms with Crippen molar-refractivity contribution in [3.05, 3.63) is 62.1 Å². The minimum absolute atomic E-state index is 0.0406. The highest BCUT2D eigenvalue weighted by atomic mass is 19.1. The third-order valence-electron chi connectivity index (χ3n) is 4.83. The predicted octanol–water partition coefficient (Wildman–Crippen LogP) is 3.37. The molecule has 4 rings (SSSR count). The number of hydrogen-bond acceptors (Lipinski definition) is 5. The summed E-state index contributed by atoms with van der Waals surface area (Å²) in [4.78, 5) is 25.4. The van der Waals surface area contributed by atoms with Gasteiger partial charge in [-0.15, -0.1) is 0 Å². The molecule has 6 nitrogen and oxygen atoms in total. The molecule has 0 amide bonds. The maximum absolute atomic E-state index is 14.1. The monoisotopic (exact) mass is 355 g/mol. The standard InChI is InChI=1S/C19H18FN3O3/c1-9-16(22-13-6-4-3-5-12(13)20)14-17(26-19(9)25)15(21)10(2)23(18(14)24)11-7-8-11/h3-6,11,22H,7-8,21H2,1-2H3. The summed E-state index contributed by atoms with van der Waals surface area (Å²) in [5.41, 5.74) is 6.72. The number of hydrogen-bond donors (Lipinski definition) is 2. The van der Waals surface area contributed by atoms with E-state index in [2.05, 4.69) is 5.32 Å². The van der Waals surface area contributed by atoms with Gasteiger partial charge in [0.2, 0.25) is 0 Å². The van der Waals surface area contributed by atoms with Crippen molar-refractivity contribution in [3.8, 4) is 0 Å². The molecule has 0 aliphatic heterocycles. The molecule has 1 aliphatic rings. The van der Waals surface area contributed by atoms with Crippen LogP contribution < -0.4 is 22.2 Å². The predicted molar refractivity (Wildman–Crippen MR) is 98.6 cm³/mol. The number of aromatic nitrogens is 1. The molecule has 0 radical (unpaired) electrons. The van der Waals surface area contributed by atoms with Gasteiger partial charge in [0, 0.05) is 11.7 Å². The summed E-state index contributed by atoms with van der Waals surface area (Å²) < 4.78 is 21.1. The van der Waals surface area contributed by atoms with Gasteiger partial charge in [-0.2, -0.15) is 0 Å². The van der Waals surface area contributed by atoms with Crippen LogP contribution in [-0.2, 0) is 0 Å². The van der Waals surface area contributed by atoms with Gasteiger partial charge in [-0.05, 0) is 38.8 Å². The maximum Gasteiger partial charge on any atom is 0.341 e. The van der Waals surface area contributed by atoms with Crippen molar-refractivity contribution >= 4 is 28.0 Å². The molecule has 2 aromatic heterocycles. The van der Waals surface area contributed by atoms with E-state index in [1.54, 1.807) is 23.6 Å². The lowest BCUT2D eigenvalue weighted by Gasteiger charge is -2.17. The molecule has 1 aliphatic carbocycles. The number of pyridine rings is 1. The van der Waals surface area contributed by atoms with Crippen LogP contribution >= 0.6 is 0 Å². The molecule has 0 atom stereocenters. The second-order valence-electron chi connectivity index (χ2n) is 6.60. The summed E-state index contributed by atoms with van der Waals surface area (Å²) in [6.07, 6.45) is 1.80. The van der Waals surface area contributed by atoms with E-state index < -0.39 is 11.4 Å². The summed E-state index contributed by atoms with van der Waals surface area (Å²) in [6.45, 7) is 3.27. The molecule has 2 heterocycles. The zero-order valence-corrected chi connectivity index (χ0v) is 14.4. The number of anilines is 3. The first kappa shape index (κ1) is 16.4. The van der Waals surface area contributed by atoms with Crippen LogP contribution in [0.3, 0.4) is 0 Å². The number of benzene rings is 1. The fourth-order valence-corrected chi connectivity index (χ4v) is 3.21. The third-order valence-corrected chi connectivity index (χ3v) is 4.83. The summed E-state index contributed by atoms with van der Waals surface area (Å²) in [5, 5.41) is 3.06. The van der Waals surface area contributed by atoms with Crippen LogP contribution in [0.15, 0.2) is 38.3 Å². The Balaban J connectivity index is 2.08. The van der Waals surface area contributed by atoms with Crippen molar-refractivity contribution in [2.45, 2.75) is 32.7 Å². The molecular weight excluding hydrogens is 337 g/mol. The smallest absolute Gasteiger partial charge is 0.341 e. The van der Waals surface area contributed by atoms with E-state index in [1.807, 2.05) is 0 Å². The van der Waals surface area contributed by atoms with Crippen molar-refractivity contribution in [1.29, 1.82) is 0 Å². The van der Waals surface area contributed by atoms with Crippen LogP contribution in [0.25, 0.3) is 11.0 Å². The number of para-hydroxylation sites is 1. The highest BCUT2D eigenvalue weighted by Gasteiger charge is 2.30. The van der Waals surface area contributed by atoms with E-state index in [1.165, 1.54) is 19.1 Å². The molecule has 3 aromatic rings. The Morgan fingerprint density at radius 2 is 1.92 bits per heavy atom. The molecule has 0 unspecified atom stereocenters. The van der Waals surface area contributed by atoms with Crippen LogP contribution in [0.1, 0.15) is 30.1 Å². The average molecular weight is 355 g/mol. The zero-order valence-electron chi connectivity index (χ0n) is 14.4. The highest BCUT2D eigenvalue weighted by molar-refractivity contribution is 5.98. The first-order valence-corrected chi connectivity index (χ1v) is 8.39. The fraction of sp³-hybridized carbons (Fsp3) is 0.263. The number of fused-ring (bicyclic) bond motifs is 1. The lowest BCUT2D eigenvalue weighted by atomic mass is 10.1. The number of nitrogens with two attached hydrogens (primary N) is 1. The first-order valence-electron chi connectivity index (χ1n) is 8.39. The van der Waals surface area contributed by atoms with Gasteiger partial charge >= 0.3 is 5.63 Å². The van der Waals surface area contributed by atoms with Gasteiger partial charge in [-0.1, -0.05) is 12.1 Å².